The van der Waals surface area contributed by atoms with Crippen molar-refractivity contribution in [3.63, 3.8) is 0 Å². The molecule has 0 spiro atoms. The van der Waals surface area contributed by atoms with Crippen molar-refractivity contribution >= 4 is 5.78 Å². The fraction of sp³-hybridized carbons (Fsp3) is 0.0976. The number of benzene rings is 6. The minimum absolute atomic E-state index is 0.0184. The van der Waals surface area contributed by atoms with Crippen LogP contribution in [0.1, 0.15) is 27.0 Å². The average Bonchev–Trinajstić information content (AvgIpc) is 3.09. The highest BCUT2D eigenvalue weighted by Gasteiger charge is 2.13. The summed E-state index contributed by atoms with van der Waals surface area (Å²) in [6.07, 6.45) is 0. The van der Waals surface area contributed by atoms with Crippen molar-refractivity contribution in [1.82, 2.24) is 10.6 Å². The van der Waals surface area contributed by atoms with Crippen LogP contribution in [-0.2, 0) is 13.1 Å². The Labute approximate surface area is 260 Å². The van der Waals surface area contributed by atoms with Crippen LogP contribution in [0.3, 0.4) is 0 Å². The molecule has 6 rings (SSSR count). The second-order valence-electron chi connectivity index (χ2n) is 11.0. The van der Waals surface area contributed by atoms with Crippen molar-refractivity contribution in [3.8, 4) is 44.5 Å². The topological polar surface area (TPSA) is 41.1 Å². The van der Waals surface area contributed by atoms with E-state index >= 15 is 0 Å². The van der Waals surface area contributed by atoms with Gasteiger partial charge in [-0.3, -0.25) is 4.79 Å². The van der Waals surface area contributed by atoms with Crippen molar-refractivity contribution in [3.05, 3.63) is 168 Å². The van der Waals surface area contributed by atoms with Gasteiger partial charge in [0.2, 0.25) is 0 Å². The van der Waals surface area contributed by atoms with Crippen LogP contribution < -0.4 is 10.6 Å². The molecule has 0 aliphatic rings. The van der Waals surface area contributed by atoms with Crippen LogP contribution in [0.2, 0.25) is 0 Å². The van der Waals surface area contributed by atoms with E-state index in [0.717, 1.165) is 35.3 Å². The number of rotatable bonds is 10. The molecule has 0 aliphatic carbocycles. The van der Waals surface area contributed by atoms with Crippen LogP contribution in [0.25, 0.3) is 44.5 Å². The zero-order chi connectivity index (χ0) is 30.3. The third kappa shape index (κ3) is 6.30. The molecule has 44 heavy (non-hydrogen) atoms. The van der Waals surface area contributed by atoms with Gasteiger partial charge in [-0.1, -0.05) is 146 Å². The summed E-state index contributed by atoms with van der Waals surface area (Å²) in [6, 6.07) is 50.1. The lowest BCUT2D eigenvalue weighted by atomic mass is 9.92. The van der Waals surface area contributed by atoms with E-state index in [1.807, 2.05) is 62.6 Å². The van der Waals surface area contributed by atoms with E-state index in [1.165, 1.54) is 33.4 Å². The van der Waals surface area contributed by atoms with Gasteiger partial charge >= 0.3 is 0 Å². The Kier molecular flexibility index (Phi) is 8.88. The van der Waals surface area contributed by atoms with Crippen molar-refractivity contribution in [2.24, 2.45) is 0 Å². The minimum Gasteiger partial charge on any atom is -0.316 e. The average molecular weight is 573 g/mol. The second-order valence-corrected chi connectivity index (χ2v) is 11.0. The number of hydrogen-bond donors (Lipinski definition) is 2. The number of hydrogen-bond acceptors (Lipinski definition) is 3. The fourth-order valence-corrected chi connectivity index (χ4v) is 5.75. The van der Waals surface area contributed by atoms with Crippen molar-refractivity contribution in [2.75, 3.05) is 14.1 Å². The number of ketones is 1. The third-order valence-electron chi connectivity index (χ3n) is 8.06. The number of carbonyl (C=O) groups is 1. The van der Waals surface area contributed by atoms with Gasteiger partial charge in [-0.25, -0.2) is 0 Å². The summed E-state index contributed by atoms with van der Waals surface area (Å²) >= 11 is 0. The van der Waals surface area contributed by atoms with Gasteiger partial charge in [0.15, 0.2) is 5.78 Å². The normalized spacial score (nSPS) is 11.0. The second kappa shape index (κ2) is 13.5. The van der Waals surface area contributed by atoms with Gasteiger partial charge < -0.3 is 10.6 Å². The zero-order valence-corrected chi connectivity index (χ0v) is 25.2. The van der Waals surface area contributed by atoms with Gasteiger partial charge in [-0.05, 0) is 69.7 Å². The smallest absolute Gasteiger partial charge is 0.193 e. The molecule has 6 aromatic rings. The van der Waals surface area contributed by atoms with E-state index < -0.39 is 0 Å². The molecule has 3 nitrogen and oxygen atoms in total. The van der Waals surface area contributed by atoms with Crippen molar-refractivity contribution in [1.29, 1.82) is 0 Å². The van der Waals surface area contributed by atoms with Crippen molar-refractivity contribution in [2.45, 2.75) is 13.1 Å². The van der Waals surface area contributed by atoms with E-state index in [4.69, 9.17) is 0 Å². The summed E-state index contributed by atoms with van der Waals surface area (Å²) < 4.78 is 0. The Morgan fingerprint density at radius 3 is 0.955 bits per heavy atom. The molecule has 0 saturated carbocycles. The third-order valence-corrected chi connectivity index (χ3v) is 8.06. The standard InChI is InChI=1S/C41H36N2O/c1-42-27-29-11-15-31(16-12-29)37-7-3-5-9-39(37)33-19-23-35(24-20-33)41(44)36-25-21-34(22-26-36)40-10-6-4-8-38(40)32-17-13-30(14-18-32)28-43-2/h3-26,42-43H,27-28H2,1-2H3. The summed E-state index contributed by atoms with van der Waals surface area (Å²) in [5.74, 6) is 0.0184. The minimum atomic E-state index is 0.0184. The molecular weight excluding hydrogens is 536 g/mol. The largest absolute Gasteiger partial charge is 0.316 e. The first kappa shape index (κ1) is 29.0. The lowest BCUT2D eigenvalue weighted by molar-refractivity contribution is 0.103. The van der Waals surface area contributed by atoms with Gasteiger partial charge in [0.25, 0.3) is 0 Å². The van der Waals surface area contributed by atoms with Crippen LogP contribution in [0.4, 0.5) is 0 Å². The SMILES string of the molecule is CNCc1ccc(-c2ccccc2-c2ccc(C(=O)c3ccc(-c4ccccc4-c4ccc(CNC)cc4)cc3)cc2)cc1. The first-order valence-corrected chi connectivity index (χ1v) is 15.1. The van der Waals surface area contributed by atoms with E-state index in [2.05, 4.69) is 108 Å². The highest BCUT2D eigenvalue weighted by molar-refractivity contribution is 6.09. The first-order valence-electron chi connectivity index (χ1n) is 15.1. The monoisotopic (exact) mass is 572 g/mol. The van der Waals surface area contributed by atoms with Gasteiger partial charge in [0, 0.05) is 24.2 Å². The Morgan fingerprint density at radius 2 is 0.682 bits per heavy atom. The molecule has 6 aromatic carbocycles. The molecule has 3 heteroatoms. The predicted molar refractivity (Wildman–Crippen MR) is 184 cm³/mol. The van der Waals surface area contributed by atoms with E-state index in [-0.39, 0.29) is 5.78 Å². The van der Waals surface area contributed by atoms with Crippen LogP contribution in [-0.4, -0.2) is 19.9 Å². The Bertz CT molecular complexity index is 1720. The maximum absolute atomic E-state index is 13.5. The van der Waals surface area contributed by atoms with Crippen LogP contribution in [0.5, 0.6) is 0 Å². The van der Waals surface area contributed by atoms with E-state index in [1.54, 1.807) is 0 Å². The molecular formula is C41H36N2O. The van der Waals surface area contributed by atoms with Gasteiger partial charge in [0.1, 0.15) is 0 Å². The molecule has 0 amide bonds. The molecule has 0 heterocycles. The lowest BCUT2D eigenvalue weighted by Gasteiger charge is -2.12. The molecule has 0 aromatic heterocycles. The highest BCUT2D eigenvalue weighted by atomic mass is 16.1. The van der Waals surface area contributed by atoms with E-state index in [0.29, 0.717) is 11.1 Å². The summed E-state index contributed by atoms with van der Waals surface area (Å²) in [4.78, 5) is 13.5. The molecule has 0 unspecified atom stereocenters. The van der Waals surface area contributed by atoms with Crippen LogP contribution in [0, 0.1) is 0 Å². The summed E-state index contributed by atoms with van der Waals surface area (Å²) in [5, 5.41) is 6.40. The highest BCUT2D eigenvalue weighted by Crippen LogP contribution is 2.34. The Morgan fingerprint density at radius 1 is 0.409 bits per heavy atom. The Balaban J connectivity index is 1.22. The molecule has 216 valence electrons. The van der Waals surface area contributed by atoms with Crippen LogP contribution >= 0.6 is 0 Å². The maximum Gasteiger partial charge on any atom is 0.193 e. The molecule has 0 fully saturated rings. The zero-order valence-electron chi connectivity index (χ0n) is 25.2. The van der Waals surface area contributed by atoms with Crippen molar-refractivity contribution < 1.29 is 4.79 Å². The Hall–Kier alpha value is -5.09. The molecule has 0 radical (unpaired) electrons. The molecule has 0 atom stereocenters. The quantitative estimate of drug-likeness (QED) is 0.161. The van der Waals surface area contributed by atoms with Gasteiger partial charge in [-0.15, -0.1) is 0 Å². The molecule has 0 saturated heterocycles. The lowest BCUT2D eigenvalue weighted by Crippen LogP contribution is -2.04. The number of carbonyl (C=O) groups excluding carboxylic acids is 1. The van der Waals surface area contributed by atoms with Crippen LogP contribution in [0.15, 0.2) is 146 Å². The summed E-state index contributed by atoms with van der Waals surface area (Å²) in [5.41, 5.74) is 13.0. The fourth-order valence-electron chi connectivity index (χ4n) is 5.75. The summed E-state index contributed by atoms with van der Waals surface area (Å²) in [7, 11) is 3.92. The maximum atomic E-state index is 13.5. The molecule has 0 bridgehead atoms. The molecule has 0 aliphatic heterocycles. The first-order chi connectivity index (χ1) is 21.6. The predicted octanol–water partition coefficient (Wildman–Crippen LogP) is 9.02. The summed E-state index contributed by atoms with van der Waals surface area (Å²) in [6.45, 7) is 1.69. The van der Waals surface area contributed by atoms with Gasteiger partial charge in [-0.2, -0.15) is 0 Å². The van der Waals surface area contributed by atoms with Gasteiger partial charge in [0.05, 0.1) is 0 Å². The number of nitrogens with one attached hydrogen (secondary N) is 2. The molecule has 2 N–H and O–H groups in total. The van der Waals surface area contributed by atoms with E-state index in [9.17, 15) is 4.79 Å².